The molecule has 1 aromatic heterocycles. The van der Waals surface area contributed by atoms with Crippen molar-refractivity contribution in [3.05, 3.63) is 111 Å². The summed E-state index contributed by atoms with van der Waals surface area (Å²) >= 11 is 1.38. The molecule has 1 aliphatic carbocycles. The number of aromatic hydroxyl groups is 1. The van der Waals surface area contributed by atoms with Crippen molar-refractivity contribution in [2.24, 2.45) is 5.73 Å². The summed E-state index contributed by atoms with van der Waals surface area (Å²) in [5.74, 6) is -4.12. The fraction of sp³-hybridized carbons (Fsp3) is 0.212. The number of amidine groups is 1. The van der Waals surface area contributed by atoms with Gasteiger partial charge >= 0.3 is 0 Å². The Morgan fingerprint density at radius 2 is 1.67 bits per heavy atom. The minimum atomic E-state index is -3.14. The van der Waals surface area contributed by atoms with Crippen molar-refractivity contribution in [3.8, 4) is 16.9 Å². The van der Waals surface area contributed by atoms with Crippen LogP contribution in [0.5, 0.6) is 5.75 Å². The number of benzene rings is 3. The van der Waals surface area contributed by atoms with Crippen molar-refractivity contribution < 1.29 is 28.3 Å². The lowest BCUT2D eigenvalue weighted by Gasteiger charge is -2.24. The summed E-state index contributed by atoms with van der Waals surface area (Å²) in [7, 11) is 0. The number of alkyl halides is 2. The van der Waals surface area contributed by atoms with Gasteiger partial charge in [0.2, 0.25) is 11.8 Å². The van der Waals surface area contributed by atoms with Gasteiger partial charge in [-0.3, -0.25) is 19.8 Å². The number of hydrogen-bond donors (Lipinski definition) is 5. The summed E-state index contributed by atoms with van der Waals surface area (Å²) in [6.07, 6.45) is 1.16. The maximum atomic E-state index is 14.8. The van der Waals surface area contributed by atoms with E-state index in [1.165, 1.54) is 40.5 Å². The highest BCUT2D eigenvalue weighted by Crippen LogP contribution is 2.50. The fourth-order valence-corrected chi connectivity index (χ4v) is 6.17. The Balaban J connectivity index is 0.000000505. The standard InChI is InChI=1S/C27H25F2N5O3S.C6H6O/c28-27(29)20-5-2-1-4-18(20)19-11-15(7-8-21(19)27)25(36)33-13-23(35)34-9-3-6-22(34)26(37)32-12-17-10-16(14-38-17)24(30)31;7-6-4-2-1-3-5-6/h1-2,4-5,7-8,10-11,14,22H,3,6,9,12-13H2,(H3,30,31)(H,32,37)(H,33,36);1-5,7H. The van der Waals surface area contributed by atoms with Gasteiger partial charge in [-0.15, -0.1) is 11.3 Å². The first-order valence-electron chi connectivity index (χ1n) is 14.2. The summed E-state index contributed by atoms with van der Waals surface area (Å²) in [4.78, 5) is 40.7. The van der Waals surface area contributed by atoms with Crippen molar-refractivity contribution in [2.75, 3.05) is 13.1 Å². The molecule has 9 nitrogen and oxygen atoms in total. The second-order valence-electron chi connectivity index (χ2n) is 10.6. The Bertz CT molecular complexity index is 1740. The predicted octanol–water partition coefficient (Wildman–Crippen LogP) is 4.58. The molecular formula is C33H31F2N5O4S. The van der Waals surface area contributed by atoms with E-state index < -0.39 is 23.8 Å². The summed E-state index contributed by atoms with van der Waals surface area (Å²) < 4.78 is 29.6. The Hall–Kier alpha value is -5.10. The Morgan fingerprint density at radius 1 is 0.956 bits per heavy atom. The molecule has 0 spiro atoms. The number of amides is 3. The third-order valence-corrected chi connectivity index (χ3v) is 8.55. The second kappa shape index (κ2) is 13.3. The van der Waals surface area contributed by atoms with E-state index in [0.29, 0.717) is 41.8 Å². The number of nitrogen functional groups attached to an aromatic ring is 1. The minimum absolute atomic E-state index is 0.0453. The quantitative estimate of drug-likeness (QED) is 0.150. The molecule has 1 atom stereocenters. The van der Waals surface area contributed by atoms with Crippen molar-refractivity contribution in [2.45, 2.75) is 31.4 Å². The van der Waals surface area contributed by atoms with Gasteiger partial charge in [0.05, 0.1) is 13.1 Å². The Labute approximate surface area is 262 Å². The number of carbonyl (C=O) groups excluding carboxylic acids is 3. The number of phenolic OH excluding ortho intramolecular Hbond substituents is 1. The van der Waals surface area contributed by atoms with Gasteiger partial charge < -0.3 is 26.4 Å². The number of hydrogen-bond acceptors (Lipinski definition) is 6. The molecule has 3 amide bonds. The van der Waals surface area contributed by atoms with E-state index in [0.717, 1.165) is 4.88 Å². The van der Waals surface area contributed by atoms with Gasteiger partial charge in [0, 0.05) is 39.1 Å². The van der Waals surface area contributed by atoms with E-state index in [4.69, 9.17) is 16.2 Å². The largest absolute Gasteiger partial charge is 0.508 e. The maximum Gasteiger partial charge on any atom is 0.299 e. The zero-order valence-electron chi connectivity index (χ0n) is 24.1. The van der Waals surface area contributed by atoms with Crippen molar-refractivity contribution in [3.63, 3.8) is 0 Å². The second-order valence-corrected chi connectivity index (χ2v) is 11.6. The van der Waals surface area contributed by atoms with Gasteiger partial charge in [0.1, 0.15) is 17.6 Å². The lowest BCUT2D eigenvalue weighted by molar-refractivity contribution is -0.137. The van der Waals surface area contributed by atoms with Crippen molar-refractivity contribution >= 4 is 34.9 Å². The molecule has 1 unspecified atom stereocenters. The van der Waals surface area contributed by atoms with Gasteiger partial charge in [-0.1, -0.05) is 48.5 Å². The number of likely N-dealkylation sites (tertiary alicyclic amines) is 1. The summed E-state index contributed by atoms with van der Waals surface area (Å²) in [5.41, 5.74) is 6.65. The third kappa shape index (κ3) is 6.86. The molecule has 45 heavy (non-hydrogen) atoms. The van der Waals surface area contributed by atoms with E-state index in [1.54, 1.807) is 53.9 Å². The SMILES string of the molecule is N=C(N)c1csc(CNC(=O)C2CCCN2C(=O)CNC(=O)c2ccc3c(c2)-c2ccccc2C3(F)F)c1.Oc1ccccc1. The number of para-hydroxylation sites is 1. The van der Waals surface area contributed by atoms with Crippen LogP contribution in [-0.2, 0) is 22.1 Å². The third-order valence-electron chi connectivity index (χ3n) is 7.61. The van der Waals surface area contributed by atoms with Gasteiger partial charge in [0.15, 0.2) is 0 Å². The van der Waals surface area contributed by atoms with E-state index in [9.17, 15) is 23.2 Å². The highest BCUT2D eigenvalue weighted by Gasteiger charge is 2.44. The van der Waals surface area contributed by atoms with Crippen LogP contribution in [-0.4, -0.2) is 52.7 Å². The lowest BCUT2D eigenvalue weighted by Crippen LogP contribution is -2.48. The minimum Gasteiger partial charge on any atom is -0.508 e. The average molecular weight is 632 g/mol. The first-order chi connectivity index (χ1) is 21.6. The molecule has 232 valence electrons. The monoisotopic (exact) mass is 631 g/mol. The molecule has 0 bridgehead atoms. The highest BCUT2D eigenvalue weighted by molar-refractivity contribution is 7.10. The Morgan fingerprint density at radius 3 is 2.36 bits per heavy atom. The van der Waals surface area contributed by atoms with E-state index >= 15 is 0 Å². The predicted molar refractivity (Wildman–Crippen MR) is 167 cm³/mol. The first-order valence-corrected chi connectivity index (χ1v) is 15.1. The number of carbonyl (C=O) groups is 3. The molecule has 12 heteroatoms. The van der Waals surface area contributed by atoms with Crippen molar-refractivity contribution in [1.29, 1.82) is 5.41 Å². The molecule has 4 aromatic rings. The van der Waals surface area contributed by atoms with Gasteiger partial charge in [-0.2, -0.15) is 8.78 Å². The molecule has 2 heterocycles. The number of nitrogens with zero attached hydrogens (tertiary/aromatic N) is 1. The van der Waals surface area contributed by atoms with Crippen LogP contribution >= 0.6 is 11.3 Å². The lowest BCUT2D eigenvalue weighted by atomic mass is 10.0. The van der Waals surface area contributed by atoms with Crippen LogP contribution in [0.2, 0.25) is 0 Å². The highest BCUT2D eigenvalue weighted by atomic mass is 32.1. The number of fused-ring (bicyclic) bond motifs is 3. The molecular weight excluding hydrogens is 600 g/mol. The van der Waals surface area contributed by atoms with Gasteiger partial charge in [0.25, 0.3) is 11.8 Å². The number of rotatable bonds is 7. The fourth-order valence-electron chi connectivity index (χ4n) is 5.35. The Kier molecular flexibility index (Phi) is 9.24. The van der Waals surface area contributed by atoms with E-state index in [2.05, 4.69) is 10.6 Å². The molecule has 0 saturated carbocycles. The van der Waals surface area contributed by atoms with Crippen molar-refractivity contribution in [1.82, 2.24) is 15.5 Å². The zero-order valence-corrected chi connectivity index (χ0v) is 24.9. The van der Waals surface area contributed by atoms with Crippen LogP contribution in [0.4, 0.5) is 8.78 Å². The van der Waals surface area contributed by atoms with Crippen LogP contribution in [0.1, 0.15) is 44.8 Å². The van der Waals surface area contributed by atoms with Crippen LogP contribution in [0.25, 0.3) is 11.1 Å². The van der Waals surface area contributed by atoms with E-state index in [-0.39, 0.29) is 41.5 Å². The number of nitrogens with one attached hydrogen (secondary N) is 3. The molecule has 1 aliphatic heterocycles. The van der Waals surface area contributed by atoms with Crippen LogP contribution in [0.15, 0.2) is 84.2 Å². The molecule has 1 fully saturated rings. The molecule has 3 aromatic carbocycles. The van der Waals surface area contributed by atoms with Crippen LogP contribution in [0.3, 0.4) is 0 Å². The summed E-state index contributed by atoms with van der Waals surface area (Å²) in [6, 6.07) is 20.0. The van der Waals surface area contributed by atoms with Crippen LogP contribution < -0.4 is 16.4 Å². The molecule has 6 rings (SSSR count). The number of phenols is 1. The summed E-state index contributed by atoms with van der Waals surface area (Å²) in [6.45, 7) is 0.330. The molecule has 6 N–H and O–H groups in total. The molecule has 1 saturated heterocycles. The maximum absolute atomic E-state index is 14.8. The first kappa shape index (κ1) is 31.3. The molecule has 2 aliphatic rings. The van der Waals surface area contributed by atoms with Gasteiger partial charge in [-0.25, -0.2) is 0 Å². The zero-order chi connectivity index (χ0) is 32.1. The van der Waals surface area contributed by atoms with Crippen LogP contribution in [0, 0.1) is 5.41 Å². The van der Waals surface area contributed by atoms with Gasteiger partial charge in [-0.05, 0) is 54.3 Å². The number of thiophene rings is 1. The normalized spacial score (nSPS) is 15.7. The average Bonchev–Trinajstić information content (AvgIpc) is 3.77. The van der Waals surface area contributed by atoms with E-state index in [1.807, 2.05) is 6.07 Å². The number of nitrogens with two attached hydrogens (primary N) is 1. The summed E-state index contributed by atoms with van der Waals surface area (Å²) in [5, 5.41) is 23.2. The topological polar surface area (TPSA) is 149 Å². The molecule has 0 radical (unpaired) electrons. The number of halogens is 2. The smallest absolute Gasteiger partial charge is 0.299 e.